The molecular formula is C18H18Cl2N3O4S+. The van der Waals surface area contributed by atoms with Gasteiger partial charge in [0.05, 0.1) is 11.5 Å². The Bertz CT molecular complexity index is 1010. The van der Waals surface area contributed by atoms with Crippen LogP contribution in [0, 0.1) is 12.3 Å². The minimum Gasteiger partial charge on any atom is -0.475 e. The first-order chi connectivity index (χ1) is 13.2. The van der Waals surface area contributed by atoms with Crippen molar-refractivity contribution >= 4 is 33.2 Å². The fraction of sp³-hybridized carbons (Fsp3) is 0.222. The molecule has 148 valence electrons. The number of aliphatic hydroxyl groups excluding tert-OH is 1. The van der Waals surface area contributed by atoms with Crippen LogP contribution >= 0.6 is 23.2 Å². The van der Waals surface area contributed by atoms with Crippen LogP contribution < -0.4 is 4.72 Å². The molecule has 2 aromatic rings. The number of hydrogen-bond donors (Lipinski definition) is 2. The molecule has 0 aliphatic carbocycles. The Kier molecular flexibility index (Phi) is 7.27. The molecule has 28 heavy (non-hydrogen) atoms. The molecule has 1 unspecified atom stereocenters. The van der Waals surface area contributed by atoms with Crippen LogP contribution in [-0.4, -0.2) is 20.1 Å². The Morgan fingerprint density at radius 3 is 2.29 bits per heavy atom. The summed E-state index contributed by atoms with van der Waals surface area (Å²) in [5.41, 5.74) is 0.484. The van der Waals surface area contributed by atoms with Crippen molar-refractivity contribution in [2.24, 2.45) is 0 Å². The summed E-state index contributed by atoms with van der Waals surface area (Å²) in [7, 11) is -4.10. The van der Waals surface area contributed by atoms with Crippen molar-refractivity contribution in [1.29, 1.82) is 5.39 Å². The Hall–Kier alpha value is -2.31. The molecule has 1 atom stereocenters. The minimum atomic E-state index is -4.10. The molecule has 2 rings (SSSR count). The number of aryl methyl sites for hydroxylation is 1. The number of hydrogen-bond acceptors (Lipinski definition) is 5. The first kappa shape index (κ1) is 22.0. The molecule has 7 nitrogen and oxygen atoms in total. The van der Waals surface area contributed by atoms with Crippen molar-refractivity contribution in [1.82, 2.24) is 4.72 Å². The SMILES string of the molecule is CCO/C(O)=C(\[N+]#N)C(NS(=O)(=O)c1ccc(C)cc1)c1c(Cl)cccc1Cl. The van der Waals surface area contributed by atoms with E-state index in [2.05, 4.69) is 9.70 Å². The van der Waals surface area contributed by atoms with Crippen LogP contribution in [0.1, 0.15) is 24.1 Å². The summed E-state index contributed by atoms with van der Waals surface area (Å²) in [6.07, 6.45) is 0. The van der Waals surface area contributed by atoms with Gasteiger partial charge in [-0.3, -0.25) is 0 Å². The highest BCUT2D eigenvalue weighted by Gasteiger charge is 2.40. The first-order valence-corrected chi connectivity index (χ1v) is 10.4. The Morgan fingerprint density at radius 1 is 1.21 bits per heavy atom. The summed E-state index contributed by atoms with van der Waals surface area (Å²) >= 11 is 12.4. The summed E-state index contributed by atoms with van der Waals surface area (Å²) in [4.78, 5) is 2.99. The van der Waals surface area contributed by atoms with Gasteiger partial charge in [-0.15, -0.1) is 0 Å². The lowest BCUT2D eigenvalue weighted by atomic mass is 10.1. The number of ether oxygens (including phenoxy) is 1. The minimum absolute atomic E-state index is 0.0283. The van der Waals surface area contributed by atoms with Crippen LogP contribution in [-0.2, 0) is 14.8 Å². The Morgan fingerprint density at radius 2 is 1.79 bits per heavy atom. The van der Waals surface area contributed by atoms with Gasteiger partial charge in [0.15, 0.2) is 11.0 Å². The zero-order chi connectivity index (χ0) is 20.9. The highest BCUT2D eigenvalue weighted by molar-refractivity contribution is 7.89. The van der Waals surface area contributed by atoms with Crippen molar-refractivity contribution in [3.8, 4) is 0 Å². The molecule has 0 saturated carbocycles. The molecule has 0 aromatic heterocycles. The lowest BCUT2D eigenvalue weighted by Gasteiger charge is -2.17. The third-order valence-corrected chi connectivity index (χ3v) is 5.87. The van der Waals surface area contributed by atoms with Gasteiger partial charge >= 0.3 is 11.6 Å². The fourth-order valence-corrected chi connectivity index (χ4v) is 4.20. The first-order valence-electron chi connectivity index (χ1n) is 8.15. The van der Waals surface area contributed by atoms with Gasteiger partial charge in [-0.1, -0.05) is 47.0 Å². The highest BCUT2D eigenvalue weighted by atomic mass is 35.5. The second kappa shape index (κ2) is 9.26. The van der Waals surface area contributed by atoms with E-state index in [0.717, 1.165) is 5.56 Å². The topological polar surface area (TPSA) is 104 Å². The molecule has 0 saturated heterocycles. The quantitative estimate of drug-likeness (QED) is 0.466. The van der Waals surface area contributed by atoms with E-state index < -0.39 is 27.7 Å². The van der Waals surface area contributed by atoms with Crippen LogP contribution in [0.4, 0.5) is 0 Å². The molecule has 2 aromatic carbocycles. The maximum absolute atomic E-state index is 12.9. The molecule has 10 heteroatoms. The summed E-state index contributed by atoms with van der Waals surface area (Å²) < 4.78 is 33.1. The maximum atomic E-state index is 12.9. The standard InChI is InChI=1S/C18H17Cl2N3O4S/c1-3-27-18(24)17(22-21)16(15-13(19)5-4-6-14(15)20)23-28(25,26)12-9-7-11(2)8-10-12/h4-10,16,23H,3H2,1-2H3/p+1/b18-17-. The number of benzene rings is 2. The van der Waals surface area contributed by atoms with Crippen molar-refractivity contribution in [2.45, 2.75) is 24.8 Å². The largest absolute Gasteiger partial charge is 0.475 e. The third-order valence-electron chi connectivity index (χ3n) is 3.77. The van der Waals surface area contributed by atoms with Gasteiger partial charge in [0, 0.05) is 15.6 Å². The van der Waals surface area contributed by atoms with E-state index in [1.165, 1.54) is 24.3 Å². The Balaban J connectivity index is 2.64. The predicted molar refractivity (Wildman–Crippen MR) is 107 cm³/mol. The normalized spacial score (nSPS) is 13.4. The molecule has 2 N–H and O–H groups in total. The van der Waals surface area contributed by atoms with Crippen LogP contribution in [0.3, 0.4) is 0 Å². The number of halogens is 2. The van der Waals surface area contributed by atoms with Gasteiger partial charge in [-0.25, -0.2) is 8.42 Å². The molecule has 0 heterocycles. The molecule has 0 fully saturated rings. The van der Waals surface area contributed by atoms with E-state index in [0.29, 0.717) is 0 Å². The second-order valence-corrected chi connectivity index (χ2v) is 8.25. The van der Waals surface area contributed by atoms with E-state index >= 15 is 0 Å². The number of aliphatic hydroxyl groups is 1. The van der Waals surface area contributed by atoms with Gasteiger partial charge in [-0.2, -0.15) is 4.72 Å². The molecule has 0 amide bonds. The molecule has 0 spiro atoms. The zero-order valence-corrected chi connectivity index (χ0v) is 17.4. The van der Waals surface area contributed by atoms with Crippen molar-refractivity contribution < 1.29 is 18.3 Å². The van der Waals surface area contributed by atoms with Crippen molar-refractivity contribution in [3.05, 3.63) is 80.3 Å². The molecular weight excluding hydrogens is 425 g/mol. The average Bonchev–Trinajstić information content (AvgIpc) is 2.62. The second-order valence-electron chi connectivity index (χ2n) is 5.73. The zero-order valence-electron chi connectivity index (χ0n) is 15.1. The molecule has 0 aliphatic rings. The third kappa shape index (κ3) is 4.94. The van der Waals surface area contributed by atoms with E-state index in [1.807, 2.05) is 6.92 Å². The molecule has 0 bridgehead atoms. The van der Waals surface area contributed by atoms with Gasteiger partial charge in [-0.05, 0) is 38.1 Å². The predicted octanol–water partition coefficient (Wildman–Crippen LogP) is 4.94. The smallest absolute Gasteiger partial charge is 0.462 e. The van der Waals surface area contributed by atoms with Crippen LogP contribution in [0.5, 0.6) is 0 Å². The maximum Gasteiger partial charge on any atom is 0.462 e. The number of nitrogens with one attached hydrogen (secondary N) is 1. The summed E-state index contributed by atoms with van der Waals surface area (Å²) in [6.45, 7) is 3.47. The highest BCUT2D eigenvalue weighted by Crippen LogP contribution is 2.36. The lowest BCUT2D eigenvalue weighted by Crippen LogP contribution is -2.30. The Labute approximate surface area is 173 Å². The van der Waals surface area contributed by atoms with Gasteiger partial charge in [0.1, 0.15) is 0 Å². The van der Waals surface area contributed by atoms with Crippen LogP contribution in [0.2, 0.25) is 10.0 Å². The number of nitrogens with zero attached hydrogens (tertiary/aromatic N) is 2. The summed E-state index contributed by atoms with van der Waals surface area (Å²) in [5.74, 6) is -0.766. The van der Waals surface area contributed by atoms with Gasteiger partial charge in [0.25, 0.3) is 0 Å². The summed E-state index contributed by atoms with van der Waals surface area (Å²) in [6, 6.07) is 9.25. The monoisotopic (exact) mass is 442 g/mol. The van der Waals surface area contributed by atoms with E-state index in [1.54, 1.807) is 25.1 Å². The van der Waals surface area contributed by atoms with E-state index in [-0.39, 0.29) is 27.1 Å². The molecule has 0 aliphatic heterocycles. The van der Waals surface area contributed by atoms with Crippen LogP contribution in [0.15, 0.2) is 59.0 Å². The van der Waals surface area contributed by atoms with E-state index in [9.17, 15) is 18.9 Å². The fourth-order valence-electron chi connectivity index (χ4n) is 2.41. The van der Waals surface area contributed by atoms with E-state index in [4.69, 9.17) is 27.9 Å². The lowest BCUT2D eigenvalue weighted by molar-refractivity contribution is 0.0969. The summed E-state index contributed by atoms with van der Waals surface area (Å²) in [5, 5.41) is 19.8. The average molecular weight is 443 g/mol. The number of sulfonamides is 1. The van der Waals surface area contributed by atoms with Gasteiger partial charge < -0.3 is 9.84 Å². The van der Waals surface area contributed by atoms with Crippen molar-refractivity contribution in [2.75, 3.05) is 6.61 Å². The number of rotatable bonds is 7. The molecule has 0 radical (unpaired) electrons. The van der Waals surface area contributed by atoms with Crippen LogP contribution in [0.25, 0.3) is 4.98 Å². The van der Waals surface area contributed by atoms with Gasteiger partial charge in [0.2, 0.25) is 15.4 Å². The number of diazo groups is 1. The van der Waals surface area contributed by atoms with Crippen molar-refractivity contribution in [3.63, 3.8) is 0 Å².